The lowest BCUT2D eigenvalue weighted by atomic mass is 10.2. The van der Waals surface area contributed by atoms with Crippen molar-refractivity contribution in [3.8, 4) is 6.07 Å². The zero-order chi connectivity index (χ0) is 14.7. The molecule has 0 radical (unpaired) electrons. The number of imidazole rings is 1. The Morgan fingerprint density at radius 1 is 1.65 bits per heavy atom. The van der Waals surface area contributed by atoms with Gasteiger partial charge in [-0.2, -0.15) is 5.26 Å². The van der Waals surface area contributed by atoms with Gasteiger partial charge in [0.1, 0.15) is 21.8 Å². The van der Waals surface area contributed by atoms with Crippen molar-refractivity contribution in [2.24, 2.45) is 12.8 Å². The molecular formula is C12H14N6OS. The van der Waals surface area contributed by atoms with Crippen LogP contribution in [0.2, 0.25) is 0 Å². The van der Waals surface area contributed by atoms with Crippen LogP contribution >= 0.6 is 11.3 Å². The number of hydrogen-bond acceptors (Lipinski definition) is 6. The number of amides is 1. The molecule has 104 valence electrons. The number of rotatable bonds is 5. The monoisotopic (exact) mass is 290 g/mol. The van der Waals surface area contributed by atoms with Crippen molar-refractivity contribution in [2.75, 3.05) is 17.6 Å². The highest BCUT2D eigenvalue weighted by Gasteiger charge is 2.19. The maximum Gasteiger partial charge on any atom is 0.253 e. The zero-order valence-corrected chi connectivity index (χ0v) is 11.7. The molecule has 2 aromatic rings. The number of carbonyl (C=O) groups is 1. The standard InChI is InChI=1S/C12H14N6OS/c1-18-5-4-16-8(18)2-3-17-12-9(11(15)19)10(14)7(6-13)20-12/h4-5,17H,2-3,14H2,1H3,(H2,15,19). The van der Waals surface area contributed by atoms with Crippen molar-refractivity contribution in [1.82, 2.24) is 9.55 Å². The van der Waals surface area contributed by atoms with Gasteiger partial charge in [-0.25, -0.2) is 4.98 Å². The van der Waals surface area contributed by atoms with E-state index in [1.54, 1.807) is 6.20 Å². The Hall–Kier alpha value is -2.53. The number of nitrogens with one attached hydrogen (secondary N) is 1. The molecule has 0 fully saturated rings. The van der Waals surface area contributed by atoms with Gasteiger partial charge in [0.2, 0.25) is 0 Å². The maximum atomic E-state index is 11.4. The van der Waals surface area contributed by atoms with Crippen LogP contribution in [-0.4, -0.2) is 22.0 Å². The molecule has 5 N–H and O–H groups in total. The summed E-state index contributed by atoms with van der Waals surface area (Å²) in [5.41, 5.74) is 11.4. The number of primary amides is 1. The molecule has 2 heterocycles. The summed E-state index contributed by atoms with van der Waals surface area (Å²) in [6, 6.07) is 1.95. The van der Waals surface area contributed by atoms with E-state index in [-0.39, 0.29) is 11.3 Å². The summed E-state index contributed by atoms with van der Waals surface area (Å²) in [6.07, 6.45) is 4.27. The summed E-state index contributed by atoms with van der Waals surface area (Å²) >= 11 is 1.13. The van der Waals surface area contributed by atoms with Crippen LogP contribution in [0, 0.1) is 11.3 Å². The van der Waals surface area contributed by atoms with E-state index >= 15 is 0 Å². The third-order valence-electron chi connectivity index (χ3n) is 2.85. The maximum absolute atomic E-state index is 11.4. The fourth-order valence-corrected chi connectivity index (χ4v) is 2.77. The van der Waals surface area contributed by atoms with Crippen LogP contribution < -0.4 is 16.8 Å². The molecule has 20 heavy (non-hydrogen) atoms. The molecule has 0 bridgehead atoms. The summed E-state index contributed by atoms with van der Waals surface area (Å²) in [7, 11) is 1.91. The Labute approximate surface area is 119 Å². The van der Waals surface area contributed by atoms with Gasteiger partial charge in [-0.3, -0.25) is 4.79 Å². The molecule has 0 aliphatic rings. The van der Waals surface area contributed by atoms with Crippen molar-refractivity contribution in [3.63, 3.8) is 0 Å². The first kappa shape index (κ1) is 13.9. The van der Waals surface area contributed by atoms with Gasteiger partial charge in [-0.15, -0.1) is 11.3 Å². The number of thiophene rings is 1. The van der Waals surface area contributed by atoms with E-state index in [4.69, 9.17) is 16.7 Å². The number of carbonyl (C=O) groups excluding carboxylic acids is 1. The van der Waals surface area contributed by atoms with Gasteiger partial charge in [0.05, 0.1) is 11.3 Å². The Morgan fingerprint density at radius 3 is 2.95 bits per heavy atom. The lowest BCUT2D eigenvalue weighted by Gasteiger charge is -2.06. The molecule has 2 aromatic heterocycles. The first-order valence-electron chi connectivity index (χ1n) is 5.86. The molecule has 0 spiro atoms. The van der Waals surface area contributed by atoms with Gasteiger partial charge >= 0.3 is 0 Å². The Bertz CT molecular complexity index is 681. The second-order valence-corrected chi connectivity index (χ2v) is 5.18. The van der Waals surface area contributed by atoms with Crippen molar-refractivity contribution in [3.05, 3.63) is 28.7 Å². The topological polar surface area (TPSA) is 123 Å². The van der Waals surface area contributed by atoms with Gasteiger partial charge in [0.15, 0.2) is 0 Å². The molecule has 7 nitrogen and oxygen atoms in total. The second-order valence-electron chi connectivity index (χ2n) is 4.16. The quantitative estimate of drug-likeness (QED) is 0.747. The molecule has 2 rings (SSSR count). The van der Waals surface area contributed by atoms with Gasteiger partial charge in [-0.1, -0.05) is 0 Å². The molecule has 0 saturated carbocycles. The smallest absolute Gasteiger partial charge is 0.253 e. The second kappa shape index (κ2) is 5.63. The fraction of sp³-hybridized carbons (Fsp3) is 0.250. The minimum Gasteiger partial charge on any atom is -0.396 e. The van der Waals surface area contributed by atoms with E-state index < -0.39 is 5.91 Å². The van der Waals surface area contributed by atoms with Crippen LogP contribution in [-0.2, 0) is 13.5 Å². The SMILES string of the molecule is Cn1ccnc1CCNc1sc(C#N)c(N)c1C(N)=O. The number of nitrogen functional groups attached to an aromatic ring is 1. The Morgan fingerprint density at radius 2 is 2.40 bits per heavy atom. The van der Waals surface area contributed by atoms with Crippen LogP contribution in [0.1, 0.15) is 21.1 Å². The van der Waals surface area contributed by atoms with E-state index in [1.807, 2.05) is 23.9 Å². The lowest BCUT2D eigenvalue weighted by molar-refractivity contribution is 0.100. The van der Waals surface area contributed by atoms with Crippen LogP contribution in [0.25, 0.3) is 0 Å². The molecule has 0 aromatic carbocycles. The summed E-state index contributed by atoms with van der Waals surface area (Å²) in [5.74, 6) is 0.280. The number of nitriles is 1. The number of nitrogens with two attached hydrogens (primary N) is 2. The number of aryl methyl sites for hydroxylation is 1. The summed E-state index contributed by atoms with van der Waals surface area (Å²) < 4.78 is 1.92. The largest absolute Gasteiger partial charge is 0.396 e. The van der Waals surface area contributed by atoms with Crippen molar-refractivity contribution >= 4 is 27.9 Å². The van der Waals surface area contributed by atoms with Gasteiger partial charge in [0.25, 0.3) is 5.91 Å². The van der Waals surface area contributed by atoms with Crippen LogP contribution in [0.15, 0.2) is 12.4 Å². The highest BCUT2D eigenvalue weighted by Crippen LogP contribution is 2.34. The fourth-order valence-electron chi connectivity index (χ4n) is 1.82. The summed E-state index contributed by atoms with van der Waals surface area (Å²) in [4.78, 5) is 15.9. The van der Waals surface area contributed by atoms with E-state index in [9.17, 15) is 4.79 Å². The molecule has 0 saturated heterocycles. The predicted molar refractivity (Wildman–Crippen MR) is 77.4 cm³/mol. The molecule has 0 atom stereocenters. The van der Waals surface area contributed by atoms with Gasteiger partial charge in [-0.05, 0) is 0 Å². The van der Waals surface area contributed by atoms with Crippen molar-refractivity contribution in [1.29, 1.82) is 5.26 Å². The third-order valence-corrected chi connectivity index (χ3v) is 3.92. The summed E-state index contributed by atoms with van der Waals surface area (Å²) in [5, 5.41) is 12.6. The number of anilines is 2. The Balaban J connectivity index is 2.12. The van der Waals surface area contributed by atoms with E-state index in [0.29, 0.717) is 22.8 Å². The molecular weight excluding hydrogens is 276 g/mol. The molecule has 0 aliphatic heterocycles. The number of hydrogen-bond donors (Lipinski definition) is 3. The average molecular weight is 290 g/mol. The van der Waals surface area contributed by atoms with Crippen molar-refractivity contribution < 1.29 is 4.79 Å². The predicted octanol–water partition coefficient (Wildman–Crippen LogP) is 0.689. The van der Waals surface area contributed by atoms with Crippen LogP contribution in [0.4, 0.5) is 10.7 Å². The van der Waals surface area contributed by atoms with Crippen LogP contribution in [0.5, 0.6) is 0 Å². The van der Waals surface area contributed by atoms with E-state index in [1.165, 1.54) is 0 Å². The number of aromatic nitrogens is 2. The highest BCUT2D eigenvalue weighted by atomic mass is 32.1. The normalized spacial score (nSPS) is 10.2. The molecule has 0 aliphatic carbocycles. The van der Waals surface area contributed by atoms with E-state index in [2.05, 4.69) is 10.3 Å². The van der Waals surface area contributed by atoms with Gasteiger partial charge in [0, 0.05) is 32.4 Å². The lowest BCUT2D eigenvalue weighted by Crippen LogP contribution is -2.16. The third kappa shape index (κ3) is 2.57. The van der Waals surface area contributed by atoms with Gasteiger partial charge < -0.3 is 21.4 Å². The average Bonchev–Trinajstić information content (AvgIpc) is 2.94. The van der Waals surface area contributed by atoms with Crippen molar-refractivity contribution in [2.45, 2.75) is 6.42 Å². The first-order valence-corrected chi connectivity index (χ1v) is 6.68. The highest BCUT2D eigenvalue weighted by molar-refractivity contribution is 7.17. The molecule has 0 unspecified atom stereocenters. The summed E-state index contributed by atoms with van der Waals surface area (Å²) in [6.45, 7) is 0.565. The molecule has 1 amide bonds. The Kier molecular flexibility index (Phi) is 3.91. The number of nitrogens with zero attached hydrogens (tertiary/aromatic N) is 3. The molecule has 8 heteroatoms. The van der Waals surface area contributed by atoms with Crippen LogP contribution in [0.3, 0.4) is 0 Å². The minimum absolute atomic E-state index is 0.143. The first-order chi connectivity index (χ1) is 9.54. The van der Waals surface area contributed by atoms with E-state index in [0.717, 1.165) is 17.2 Å². The minimum atomic E-state index is -0.639. The zero-order valence-electron chi connectivity index (χ0n) is 10.9.